The summed E-state index contributed by atoms with van der Waals surface area (Å²) in [6.07, 6.45) is 1.57. The molecule has 0 fully saturated rings. The highest BCUT2D eigenvalue weighted by Crippen LogP contribution is 2.27. The summed E-state index contributed by atoms with van der Waals surface area (Å²) in [5.41, 5.74) is 0.424. The number of aliphatic hydroxyl groups excluding tert-OH is 1. The second kappa shape index (κ2) is 7.82. The van der Waals surface area contributed by atoms with Gasteiger partial charge in [-0.3, -0.25) is 4.79 Å². The minimum atomic E-state index is -0.184. The molecule has 1 aromatic rings. The molecule has 0 radical (unpaired) electrons. The number of carbonyl (C=O) groups excluding carboxylic acids is 1. The molecule has 0 unspecified atom stereocenters. The van der Waals surface area contributed by atoms with E-state index in [1.54, 1.807) is 12.1 Å². The van der Waals surface area contributed by atoms with E-state index in [2.05, 4.69) is 19.2 Å². The van der Waals surface area contributed by atoms with Crippen LogP contribution in [0.25, 0.3) is 0 Å². The van der Waals surface area contributed by atoms with Crippen molar-refractivity contribution in [2.45, 2.75) is 26.7 Å². The van der Waals surface area contributed by atoms with Gasteiger partial charge in [-0.2, -0.15) is 0 Å². The summed E-state index contributed by atoms with van der Waals surface area (Å²) in [6, 6.07) is 3.23. The molecule has 0 atom stereocenters. The van der Waals surface area contributed by atoms with Gasteiger partial charge in [-0.25, -0.2) is 0 Å². The van der Waals surface area contributed by atoms with E-state index in [-0.39, 0.29) is 17.9 Å². The number of amides is 1. The van der Waals surface area contributed by atoms with Crippen molar-refractivity contribution in [3.05, 3.63) is 31.3 Å². The third kappa shape index (κ3) is 5.39. The standard InChI is InChI=1S/C14H18Cl2INO2/c1-14(2,4-3-5-19)8-18-13(20)10-6-9(15)7-11(16)12(10)17/h6-7,19H,3-5,8H2,1-2H3,(H,18,20). The first-order chi connectivity index (χ1) is 9.26. The normalized spacial score (nSPS) is 11.5. The summed E-state index contributed by atoms with van der Waals surface area (Å²) in [5, 5.41) is 12.7. The van der Waals surface area contributed by atoms with Gasteiger partial charge in [0.25, 0.3) is 5.91 Å². The first-order valence-corrected chi connectivity index (χ1v) is 8.14. The topological polar surface area (TPSA) is 49.3 Å². The van der Waals surface area contributed by atoms with Crippen LogP contribution in [-0.2, 0) is 0 Å². The maximum atomic E-state index is 12.2. The molecule has 0 aliphatic carbocycles. The zero-order chi connectivity index (χ0) is 15.3. The Balaban J connectivity index is 2.73. The molecule has 112 valence electrons. The predicted octanol–water partition coefficient (Wildman–Crippen LogP) is 4.13. The van der Waals surface area contributed by atoms with Crippen LogP contribution in [0.3, 0.4) is 0 Å². The summed E-state index contributed by atoms with van der Waals surface area (Å²) >= 11 is 14.0. The van der Waals surface area contributed by atoms with Crippen molar-refractivity contribution < 1.29 is 9.90 Å². The van der Waals surface area contributed by atoms with Crippen LogP contribution in [-0.4, -0.2) is 24.2 Å². The Hall–Kier alpha value is -0.0400. The summed E-state index contributed by atoms with van der Waals surface area (Å²) < 4.78 is 0.694. The minimum Gasteiger partial charge on any atom is -0.396 e. The van der Waals surface area contributed by atoms with E-state index >= 15 is 0 Å². The van der Waals surface area contributed by atoms with Crippen molar-refractivity contribution in [3.63, 3.8) is 0 Å². The molecule has 1 amide bonds. The van der Waals surface area contributed by atoms with Gasteiger partial charge in [-0.15, -0.1) is 0 Å². The van der Waals surface area contributed by atoms with Gasteiger partial charge in [-0.1, -0.05) is 37.0 Å². The summed E-state index contributed by atoms with van der Waals surface area (Å²) in [4.78, 5) is 12.2. The van der Waals surface area contributed by atoms with Crippen LogP contribution in [0.15, 0.2) is 12.1 Å². The number of hydrogen-bond acceptors (Lipinski definition) is 2. The molecule has 0 saturated heterocycles. The monoisotopic (exact) mass is 429 g/mol. The Kier molecular flexibility index (Phi) is 7.04. The van der Waals surface area contributed by atoms with Gasteiger partial charge in [-0.05, 0) is 53.0 Å². The second-order valence-electron chi connectivity index (χ2n) is 5.42. The first kappa shape index (κ1) is 18.0. The van der Waals surface area contributed by atoms with Crippen LogP contribution >= 0.6 is 45.8 Å². The highest BCUT2D eigenvalue weighted by molar-refractivity contribution is 14.1. The van der Waals surface area contributed by atoms with Crippen molar-refractivity contribution in [3.8, 4) is 0 Å². The van der Waals surface area contributed by atoms with Crippen LogP contribution in [0.4, 0.5) is 0 Å². The molecule has 0 aromatic heterocycles. The zero-order valence-corrected chi connectivity index (χ0v) is 15.1. The van der Waals surface area contributed by atoms with Crippen molar-refractivity contribution in [1.29, 1.82) is 0 Å². The molecule has 1 aromatic carbocycles. The molecule has 3 nitrogen and oxygen atoms in total. The van der Waals surface area contributed by atoms with Gasteiger partial charge >= 0.3 is 0 Å². The lowest BCUT2D eigenvalue weighted by atomic mass is 9.88. The Morgan fingerprint density at radius 3 is 2.65 bits per heavy atom. The van der Waals surface area contributed by atoms with Gasteiger partial charge in [0.1, 0.15) is 0 Å². The molecule has 0 spiro atoms. The van der Waals surface area contributed by atoms with E-state index in [0.717, 1.165) is 12.8 Å². The van der Waals surface area contributed by atoms with Crippen molar-refractivity contribution in [2.75, 3.05) is 13.2 Å². The average molecular weight is 430 g/mol. The molecular formula is C14H18Cl2INO2. The van der Waals surface area contributed by atoms with Crippen LogP contribution in [0.5, 0.6) is 0 Å². The summed E-state index contributed by atoms with van der Waals surface area (Å²) in [6.45, 7) is 4.81. The fourth-order valence-electron chi connectivity index (χ4n) is 1.78. The third-order valence-corrected chi connectivity index (χ3v) is 4.97. The predicted molar refractivity (Wildman–Crippen MR) is 91.6 cm³/mol. The number of benzene rings is 1. The SMILES string of the molecule is CC(C)(CCCO)CNC(=O)c1cc(Cl)cc(Cl)c1I. The fourth-order valence-corrected chi connectivity index (χ4v) is 2.83. The number of nitrogens with one attached hydrogen (secondary N) is 1. The van der Waals surface area contributed by atoms with Gasteiger partial charge in [0.15, 0.2) is 0 Å². The second-order valence-corrected chi connectivity index (χ2v) is 7.35. The molecule has 0 aliphatic heterocycles. The number of halogens is 3. The molecule has 20 heavy (non-hydrogen) atoms. The lowest BCUT2D eigenvalue weighted by molar-refractivity contribution is 0.0932. The van der Waals surface area contributed by atoms with Crippen LogP contribution in [0, 0.1) is 8.99 Å². The maximum absolute atomic E-state index is 12.2. The fraction of sp³-hybridized carbons (Fsp3) is 0.500. The molecular weight excluding hydrogens is 412 g/mol. The smallest absolute Gasteiger partial charge is 0.252 e. The van der Waals surface area contributed by atoms with E-state index in [4.69, 9.17) is 28.3 Å². The molecule has 0 bridgehead atoms. The van der Waals surface area contributed by atoms with Gasteiger partial charge in [0.2, 0.25) is 0 Å². The van der Waals surface area contributed by atoms with E-state index in [1.807, 2.05) is 22.6 Å². The number of aliphatic hydroxyl groups is 1. The van der Waals surface area contributed by atoms with Crippen LogP contribution in [0.2, 0.25) is 10.0 Å². The lowest BCUT2D eigenvalue weighted by Crippen LogP contribution is -2.34. The van der Waals surface area contributed by atoms with E-state index < -0.39 is 0 Å². The Morgan fingerprint density at radius 1 is 1.40 bits per heavy atom. The van der Waals surface area contributed by atoms with Crippen LogP contribution in [0.1, 0.15) is 37.0 Å². The number of carbonyl (C=O) groups is 1. The largest absolute Gasteiger partial charge is 0.396 e. The average Bonchev–Trinajstić information content (AvgIpc) is 2.38. The molecule has 0 aliphatic rings. The Morgan fingerprint density at radius 2 is 2.05 bits per heavy atom. The van der Waals surface area contributed by atoms with Gasteiger partial charge < -0.3 is 10.4 Å². The molecule has 0 saturated carbocycles. The highest BCUT2D eigenvalue weighted by Gasteiger charge is 2.20. The Bertz CT molecular complexity index is 492. The third-order valence-electron chi connectivity index (χ3n) is 2.98. The van der Waals surface area contributed by atoms with E-state index in [0.29, 0.717) is 25.7 Å². The van der Waals surface area contributed by atoms with Crippen molar-refractivity contribution in [1.82, 2.24) is 5.32 Å². The van der Waals surface area contributed by atoms with E-state index in [1.165, 1.54) is 0 Å². The van der Waals surface area contributed by atoms with E-state index in [9.17, 15) is 4.79 Å². The van der Waals surface area contributed by atoms with Crippen LogP contribution < -0.4 is 5.32 Å². The van der Waals surface area contributed by atoms with Crippen molar-refractivity contribution in [2.24, 2.45) is 5.41 Å². The lowest BCUT2D eigenvalue weighted by Gasteiger charge is -2.24. The molecule has 2 N–H and O–H groups in total. The molecule has 6 heteroatoms. The molecule has 1 rings (SSSR count). The Labute approximate surface area is 143 Å². The number of rotatable bonds is 6. The molecule has 0 heterocycles. The van der Waals surface area contributed by atoms with Gasteiger partial charge in [0, 0.05) is 21.7 Å². The summed E-state index contributed by atoms with van der Waals surface area (Å²) in [7, 11) is 0. The summed E-state index contributed by atoms with van der Waals surface area (Å²) in [5.74, 6) is -0.184. The minimum absolute atomic E-state index is 0.0633. The van der Waals surface area contributed by atoms with Gasteiger partial charge in [0.05, 0.1) is 10.6 Å². The van der Waals surface area contributed by atoms with Crippen molar-refractivity contribution >= 4 is 51.7 Å². The number of hydrogen-bond donors (Lipinski definition) is 2. The first-order valence-electron chi connectivity index (χ1n) is 6.30. The maximum Gasteiger partial charge on any atom is 0.252 e. The highest BCUT2D eigenvalue weighted by atomic mass is 127. The quantitative estimate of drug-likeness (QED) is 0.527. The zero-order valence-electron chi connectivity index (χ0n) is 11.5.